The molecule has 0 spiro atoms. The molecule has 0 radical (unpaired) electrons. The summed E-state index contributed by atoms with van der Waals surface area (Å²) in [6.45, 7) is 9.00. The first-order valence-electron chi connectivity index (χ1n) is 6.26. The van der Waals surface area contributed by atoms with Crippen LogP contribution in [0.15, 0.2) is 0 Å². The van der Waals surface area contributed by atoms with E-state index in [4.69, 9.17) is 9.47 Å². The van der Waals surface area contributed by atoms with Gasteiger partial charge in [-0.15, -0.1) is 0 Å². The second-order valence-electron chi connectivity index (χ2n) is 6.40. The number of aliphatic hydroxyl groups excluding tert-OH is 1. The van der Waals surface area contributed by atoms with Crippen molar-refractivity contribution in [1.82, 2.24) is 0 Å². The Morgan fingerprint density at radius 3 is 2.33 bits per heavy atom. The Hall–Kier alpha value is -0.650. The fourth-order valence-corrected chi connectivity index (χ4v) is 2.55. The van der Waals surface area contributed by atoms with E-state index in [2.05, 4.69) is 0 Å². The minimum absolute atomic E-state index is 0.125. The van der Waals surface area contributed by atoms with E-state index in [9.17, 15) is 15.0 Å². The number of aliphatic hydroxyl groups is 1. The van der Waals surface area contributed by atoms with E-state index in [0.717, 1.165) is 0 Å². The molecule has 1 saturated heterocycles. The Morgan fingerprint density at radius 1 is 1.39 bits per heavy atom. The fourth-order valence-electron chi connectivity index (χ4n) is 2.55. The van der Waals surface area contributed by atoms with Gasteiger partial charge in [-0.1, -0.05) is 20.8 Å². The van der Waals surface area contributed by atoms with Crippen LogP contribution in [0.4, 0.5) is 0 Å². The van der Waals surface area contributed by atoms with Crippen LogP contribution in [0, 0.1) is 11.3 Å². The Morgan fingerprint density at radius 2 is 1.94 bits per heavy atom. The number of rotatable bonds is 3. The van der Waals surface area contributed by atoms with Crippen LogP contribution in [0.25, 0.3) is 0 Å². The summed E-state index contributed by atoms with van der Waals surface area (Å²) in [6.07, 6.45) is -0.430. The maximum atomic E-state index is 11.5. The van der Waals surface area contributed by atoms with Crippen LogP contribution in [-0.4, -0.2) is 40.8 Å². The van der Waals surface area contributed by atoms with E-state index in [0.29, 0.717) is 6.42 Å². The number of aliphatic carboxylic acids is 1. The third-order valence-corrected chi connectivity index (χ3v) is 3.16. The van der Waals surface area contributed by atoms with Crippen LogP contribution in [0.2, 0.25) is 0 Å². The number of carboxylic acids is 1. The SMILES string of the molecule is CC1(C)O[C@H](CO)C[C@H](C(C(=O)O)C(C)(C)C)O1. The Kier molecular flexibility index (Phi) is 4.41. The maximum absolute atomic E-state index is 11.5. The molecule has 0 aromatic carbocycles. The predicted octanol–water partition coefficient (Wildman–Crippen LogP) is 1.64. The largest absolute Gasteiger partial charge is 0.481 e. The third-order valence-electron chi connectivity index (χ3n) is 3.16. The van der Waals surface area contributed by atoms with Gasteiger partial charge in [-0.2, -0.15) is 0 Å². The summed E-state index contributed by atoms with van der Waals surface area (Å²) in [4.78, 5) is 11.5. The highest BCUT2D eigenvalue weighted by atomic mass is 16.7. The van der Waals surface area contributed by atoms with Gasteiger partial charge >= 0.3 is 5.97 Å². The molecule has 1 aliphatic rings. The maximum Gasteiger partial charge on any atom is 0.309 e. The summed E-state index contributed by atoms with van der Waals surface area (Å²) < 4.78 is 11.3. The first-order chi connectivity index (χ1) is 8.07. The second-order valence-corrected chi connectivity index (χ2v) is 6.40. The average Bonchev–Trinajstić information content (AvgIpc) is 2.11. The fraction of sp³-hybridized carbons (Fsp3) is 0.923. The summed E-state index contributed by atoms with van der Waals surface area (Å²) in [7, 11) is 0. The zero-order chi connectivity index (χ0) is 14.1. The van der Waals surface area contributed by atoms with Crippen molar-refractivity contribution in [1.29, 1.82) is 0 Å². The van der Waals surface area contributed by atoms with E-state index < -0.39 is 29.2 Å². The molecule has 106 valence electrons. The molecule has 0 aromatic heterocycles. The highest BCUT2D eigenvalue weighted by Crippen LogP contribution is 2.38. The van der Waals surface area contributed by atoms with Gasteiger partial charge in [0, 0.05) is 6.42 Å². The molecular formula is C13H24O5. The van der Waals surface area contributed by atoms with Gasteiger partial charge < -0.3 is 19.7 Å². The second kappa shape index (κ2) is 5.15. The zero-order valence-electron chi connectivity index (χ0n) is 11.8. The van der Waals surface area contributed by atoms with E-state index in [-0.39, 0.29) is 12.7 Å². The molecule has 5 heteroatoms. The lowest BCUT2D eigenvalue weighted by molar-refractivity contribution is -0.315. The van der Waals surface area contributed by atoms with Crippen molar-refractivity contribution in [3.05, 3.63) is 0 Å². The quantitative estimate of drug-likeness (QED) is 0.806. The van der Waals surface area contributed by atoms with Crippen LogP contribution in [0.3, 0.4) is 0 Å². The average molecular weight is 260 g/mol. The number of carboxylic acid groups (broad SMARTS) is 1. The first kappa shape index (κ1) is 15.4. The molecule has 1 unspecified atom stereocenters. The van der Waals surface area contributed by atoms with E-state index >= 15 is 0 Å². The van der Waals surface area contributed by atoms with E-state index in [1.165, 1.54) is 0 Å². The van der Waals surface area contributed by atoms with Crippen LogP contribution in [0.5, 0.6) is 0 Å². The van der Waals surface area contributed by atoms with Gasteiger partial charge in [-0.25, -0.2) is 0 Å². The van der Waals surface area contributed by atoms with Gasteiger partial charge in [0.25, 0.3) is 0 Å². The molecule has 1 fully saturated rings. The van der Waals surface area contributed by atoms with Gasteiger partial charge in [0.1, 0.15) is 0 Å². The standard InChI is InChI=1S/C13H24O5/c1-12(2,3)10(11(15)16)9-6-8(7-14)17-13(4,5)18-9/h8-10,14H,6-7H2,1-5H3,(H,15,16)/t8-,9+,10?/m0/s1. The normalized spacial score (nSPS) is 29.9. The lowest BCUT2D eigenvalue weighted by Gasteiger charge is -2.44. The zero-order valence-corrected chi connectivity index (χ0v) is 11.8. The predicted molar refractivity (Wildman–Crippen MR) is 66.1 cm³/mol. The van der Waals surface area contributed by atoms with Crippen molar-refractivity contribution in [3.63, 3.8) is 0 Å². The van der Waals surface area contributed by atoms with Gasteiger partial charge in [-0.3, -0.25) is 4.79 Å². The number of carbonyl (C=O) groups is 1. The van der Waals surface area contributed by atoms with Crippen molar-refractivity contribution in [2.45, 2.75) is 59.0 Å². The van der Waals surface area contributed by atoms with Gasteiger partial charge in [0.15, 0.2) is 5.79 Å². The summed E-state index contributed by atoms with van der Waals surface area (Å²) in [5.41, 5.74) is -0.413. The summed E-state index contributed by atoms with van der Waals surface area (Å²) in [5.74, 6) is -2.37. The minimum atomic E-state index is -0.873. The van der Waals surface area contributed by atoms with Crippen molar-refractivity contribution >= 4 is 5.97 Å². The molecule has 0 bridgehead atoms. The van der Waals surface area contributed by atoms with Crippen LogP contribution >= 0.6 is 0 Å². The summed E-state index contributed by atoms with van der Waals surface area (Å²) in [5, 5.41) is 18.6. The van der Waals surface area contributed by atoms with E-state index in [1.807, 2.05) is 20.8 Å². The van der Waals surface area contributed by atoms with Crippen LogP contribution < -0.4 is 0 Å². The van der Waals surface area contributed by atoms with Gasteiger partial charge in [0.05, 0.1) is 24.7 Å². The first-order valence-corrected chi connectivity index (χ1v) is 6.26. The Balaban J connectivity index is 2.94. The summed E-state index contributed by atoms with van der Waals surface area (Å²) >= 11 is 0. The van der Waals surface area contributed by atoms with Crippen LogP contribution in [-0.2, 0) is 14.3 Å². The Bertz CT molecular complexity index is 305. The molecule has 1 aliphatic heterocycles. The van der Waals surface area contributed by atoms with Crippen LogP contribution in [0.1, 0.15) is 41.0 Å². The molecule has 0 amide bonds. The van der Waals surface area contributed by atoms with Crippen molar-refractivity contribution in [2.24, 2.45) is 11.3 Å². The number of hydrogen-bond acceptors (Lipinski definition) is 4. The highest BCUT2D eigenvalue weighted by Gasteiger charge is 2.45. The Labute approximate surface area is 108 Å². The molecule has 0 saturated carbocycles. The summed E-state index contributed by atoms with van der Waals surface area (Å²) in [6, 6.07) is 0. The lowest BCUT2D eigenvalue weighted by Crippen LogP contribution is -2.52. The molecule has 2 N–H and O–H groups in total. The van der Waals surface area contributed by atoms with Gasteiger partial charge in [0.2, 0.25) is 0 Å². The number of hydrogen-bond donors (Lipinski definition) is 2. The smallest absolute Gasteiger partial charge is 0.309 e. The molecule has 0 aromatic rings. The molecule has 0 aliphatic carbocycles. The molecule has 5 nitrogen and oxygen atoms in total. The molecule has 18 heavy (non-hydrogen) atoms. The highest BCUT2D eigenvalue weighted by molar-refractivity contribution is 5.71. The molecular weight excluding hydrogens is 236 g/mol. The van der Waals surface area contributed by atoms with Gasteiger partial charge in [-0.05, 0) is 19.3 Å². The molecule has 3 atom stereocenters. The topological polar surface area (TPSA) is 76.0 Å². The van der Waals surface area contributed by atoms with Crippen molar-refractivity contribution < 1.29 is 24.5 Å². The monoisotopic (exact) mass is 260 g/mol. The molecule has 1 rings (SSSR count). The number of ether oxygens (including phenoxy) is 2. The lowest BCUT2D eigenvalue weighted by atomic mass is 9.75. The third kappa shape index (κ3) is 3.67. The minimum Gasteiger partial charge on any atom is -0.481 e. The van der Waals surface area contributed by atoms with E-state index in [1.54, 1.807) is 13.8 Å². The van der Waals surface area contributed by atoms with Crippen molar-refractivity contribution in [2.75, 3.05) is 6.61 Å². The molecule has 1 heterocycles. The van der Waals surface area contributed by atoms with Crippen molar-refractivity contribution in [3.8, 4) is 0 Å².